The van der Waals surface area contributed by atoms with Crippen LogP contribution in [0.5, 0.6) is 5.75 Å². The molecule has 0 saturated carbocycles. The van der Waals surface area contributed by atoms with Crippen LogP contribution >= 0.6 is 11.3 Å². The maximum atomic E-state index is 12.1. The molecule has 0 bridgehead atoms. The third kappa shape index (κ3) is 7.56. The number of hydrogen-bond acceptors (Lipinski definition) is 5. The van der Waals surface area contributed by atoms with Gasteiger partial charge in [0.2, 0.25) is 0 Å². The number of aromatic nitrogens is 1. The lowest BCUT2D eigenvalue weighted by Crippen LogP contribution is -2.31. The zero-order valence-corrected chi connectivity index (χ0v) is 17.3. The molecule has 3 rings (SSSR count). The number of thiazole rings is 1. The molecule has 0 fully saturated rings. The SMILES string of the molecule is CN(CCCNC(=O)Nc1cccc(OCc2cscn2)c1)Cc1ccccc1. The van der Waals surface area contributed by atoms with Gasteiger partial charge in [-0.25, -0.2) is 9.78 Å². The van der Waals surface area contributed by atoms with Crippen LogP contribution < -0.4 is 15.4 Å². The van der Waals surface area contributed by atoms with E-state index in [0.29, 0.717) is 24.6 Å². The number of urea groups is 1. The number of carbonyl (C=O) groups is 1. The van der Waals surface area contributed by atoms with Crippen molar-refractivity contribution in [3.05, 3.63) is 76.7 Å². The largest absolute Gasteiger partial charge is 0.487 e. The Bertz CT molecular complexity index is 872. The predicted molar refractivity (Wildman–Crippen MR) is 117 cm³/mol. The average Bonchev–Trinajstić information content (AvgIpc) is 3.24. The van der Waals surface area contributed by atoms with Crippen molar-refractivity contribution in [2.75, 3.05) is 25.5 Å². The highest BCUT2D eigenvalue weighted by atomic mass is 32.1. The molecule has 2 N–H and O–H groups in total. The van der Waals surface area contributed by atoms with Crippen LogP contribution in [0.2, 0.25) is 0 Å². The molecule has 1 aromatic heterocycles. The maximum absolute atomic E-state index is 12.1. The van der Waals surface area contributed by atoms with Gasteiger partial charge in [-0.3, -0.25) is 0 Å². The topological polar surface area (TPSA) is 66.5 Å². The molecule has 0 aliphatic heterocycles. The van der Waals surface area contributed by atoms with Gasteiger partial charge in [0, 0.05) is 30.2 Å². The molecule has 0 spiro atoms. The quantitative estimate of drug-likeness (QED) is 0.487. The fraction of sp³-hybridized carbons (Fsp3) is 0.273. The number of nitrogens with zero attached hydrogens (tertiary/aromatic N) is 2. The van der Waals surface area contributed by atoms with Gasteiger partial charge in [0.15, 0.2) is 0 Å². The number of rotatable bonds is 10. The molecule has 3 aromatic rings. The van der Waals surface area contributed by atoms with E-state index < -0.39 is 0 Å². The van der Waals surface area contributed by atoms with Crippen molar-refractivity contribution in [1.29, 1.82) is 0 Å². The Morgan fingerprint density at radius 3 is 2.83 bits per heavy atom. The van der Waals surface area contributed by atoms with E-state index in [9.17, 15) is 4.79 Å². The summed E-state index contributed by atoms with van der Waals surface area (Å²) in [5.41, 5.74) is 4.65. The summed E-state index contributed by atoms with van der Waals surface area (Å²) in [6.07, 6.45) is 0.882. The van der Waals surface area contributed by atoms with E-state index in [0.717, 1.165) is 25.2 Å². The maximum Gasteiger partial charge on any atom is 0.319 e. The number of benzene rings is 2. The molecule has 6 nitrogen and oxygen atoms in total. The summed E-state index contributed by atoms with van der Waals surface area (Å²) in [5, 5.41) is 7.70. The monoisotopic (exact) mass is 410 g/mol. The normalized spacial score (nSPS) is 10.7. The average molecular weight is 411 g/mol. The van der Waals surface area contributed by atoms with Crippen LogP contribution in [-0.2, 0) is 13.2 Å². The number of ether oxygens (including phenoxy) is 1. The zero-order valence-electron chi connectivity index (χ0n) is 16.5. The van der Waals surface area contributed by atoms with Crippen LogP contribution in [0.4, 0.5) is 10.5 Å². The summed E-state index contributed by atoms with van der Waals surface area (Å²) < 4.78 is 5.71. The molecule has 0 saturated heterocycles. The first kappa shape index (κ1) is 20.8. The Kier molecular flexibility index (Phi) is 8.03. The molecule has 29 heavy (non-hydrogen) atoms. The van der Waals surface area contributed by atoms with E-state index in [1.165, 1.54) is 16.9 Å². The Labute approximate surface area is 175 Å². The second kappa shape index (κ2) is 11.2. The second-order valence-electron chi connectivity index (χ2n) is 6.75. The molecule has 2 amide bonds. The first-order chi connectivity index (χ1) is 14.2. The van der Waals surface area contributed by atoms with Crippen molar-refractivity contribution in [2.24, 2.45) is 0 Å². The predicted octanol–water partition coefficient (Wildman–Crippen LogP) is 4.37. The van der Waals surface area contributed by atoms with Gasteiger partial charge in [-0.1, -0.05) is 36.4 Å². The minimum Gasteiger partial charge on any atom is -0.487 e. The molecular formula is C22H26N4O2S. The summed E-state index contributed by atoms with van der Waals surface area (Å²) in [4.78, 5) is 18.6. The van der Waals surface area contributed by atoms with Gasteiger partial charge in [-0.2, -0.15) is 0 Å². The third-order valence-electron chi connectivity index (χ3n) is 4.26. The molecule has 0 atom stereocenters. The van der Waals surface area contributed by atoms with E-state index in [2.05, 4.69) is 39.7 Å². The minimum absolute atomic E-state index is 0.215. The molecule has 1 heterocycles. The number of nitrogens with one attached hydrogen (secondary N) is 2. The van der Waals surface area contributed by atoms with Gasteiger partial charge in [-0.15, -0.1) is 11.3 Å². The van der Waals surface area contributed by atoms with Crippen molar-refractivity contribution < 1.29 is 9.53 Å². The molecule has 0 aliphatic carbocycles. The van der Waals surface area contributed by atoms with Gasteiger partial charge >= 0.3 is 6.03 Å². The highest BCUT2D eigenvalue weighted by molar-refractivity contribution is 7.07. The highest BCUT2D eigenvalue weighted by Gasteiger charge is 2.05. The van der Waals surface area contributed by atoms with Crippen molar-refractivity contribution in [3.63, 3.8) is 0 Å². The number of amides is 2. The van der Waals surface area contributed by atoms with Crippen LogP contribution in [-0.4, -0.2) is 36.1 Å². The molecule has 2 aromatic carbocycles. The van der Waals surface area contributed by atoms with Crippen LogP contribution in [0.25, 0.3) is 0 Å². The van der Waals surface area contributed by atoms with Gasteiger partial charge < -0.3 is 20.3 Å². The molecule has 0 aliphatic rings. The van der Waals surface area contributed by atoms with Crippen LogP contribution in [0.3, 0.4) is 0 Å². The molecular weight excluding hydrogens is 384 g/mol. The Morgan fingerprint density at radius 2 is 2.03 bits per heavy atom. The Balaban J connectivity index is 1.34. The minimum atomic E-state index is -0.215. The molecule has 152 valence electrons. The van der Waals surface area contributed by atoms with E-state index >= 15 is 0 Å². The van der Waals surface area contributed by atoms with Crippen LogP contribution in [0.1, 0.15) is 17.7 Å². The fourth-order valence-corrected chi connectivity index (χ4v) is 3.37. The van der Waals surface area contributed by atoms with Gasteiger partial charge in [0.1, 0.15) is 12.4 Å². The third-order valence-corrected chi connectivity index (χ3v) is 4.89. The van der Waals surface area contributed by atoms with Crippen molar-refractivity contribution >= 4 is 23.1 Å². The number of anilines is 1. The summed E-state index contributed by atoms with van der Waals surface area (Å²) in [6, 6.07) is 17.5. The van der Waals surface area contributed by atoms with Crippen LogP contribution in [0, 0.1) is 0 Å². The summed E-state index contributed by atoms with van der Waals surface area (Å²) >= 11 is 1.54. The van der Waals surface area contributed by atoms with E-state index in [1.54, 1.807) is 11.6 Å². The lowest BCUT2D eigenvalue weighted by atomic mass is 10.2. The fourth-order valence-electron chi connectivity index (χ4n) is 2.83. The number of carbonyl (C=O) groups excluding carboxylic acids is 1. The van der Waals surface area contributed by atoms with Crippen LogP contribution in [0.15, 0.2) is 65.5 Å². The first-order valence-corrected chi connectivity index (χ1v) is 10.5. The smallest absolute Gasteiger partial charge is 0.319 e. The van der Waals surface area contributed by atoms with E-state index in [1.807, 2.05) is 41.8 Å². The summed E-state index contributed by atoms with van der Waals surface area (Å²) in [5.74, 6) is 0.693. The van der Waals surface area contributed by atoms with Crippen molar-refractivity contribution in [2.45, 2.75) is 19.6 Å². The Morgan fingerprint density at radius 1 is 1.17 bits per heavy atom. The van der Waals surface area contributed by atoms with Gasteiger partial charge in [0.05, 0.1) is 11.2 Å². The molecule has 0 radical (unpaired) electrons. The Hall–Kier alpha value is -2.90. The molecule has 7 heteroatoms. The lowest BCUT2D eigenvalue weighted by molar-refractivity contribution is 0.250. The summed E-state index contributed by atoms with van der Waals surface area (Å²) in [7, 11) is 2.09. The standard InChI is InChI=1S/C22H26N4O2S/c1-26(14-18-7-3-2-4-8-18)12-6-11-23-22(27)25-19-9-5-10-21(13-19)28-15-20-16-29-17-24-20/h2-5,7-10,13,16-17H,6,11-12,14-15H2,1H3,(H2,23,25,27). The van der Waals surface area contributed by atoms with E-state index in [4.69, 9.17) is 4.74 Å². The van der Waals surface area contributed by atoms with Crippen molar-refractivity contribution in [3.8, 4) is 5.75 Å². The zero-order chi connectivity index (χ0) is 20.3. The summed E-state index contributed by atoms with van der Waals surface area (Å²) in [6.45, 7) is 2.84. The first-order valence-electron chi connectivity index (χ1n) is 9.56. The highest BCUT2D eigenvalue weighted by Crippen LogP contribution is 2.18. The van der Waals surface area contributed by atoms with Gasteiger partial charge in [-0.05, 0) is 37.7 Å². The van der Waals surface area contributed by atoms with Gasteiger partial charge in [0.25, 0.3) is 0 Å². The molecule has 0 unspecified atom stereocenters. The number of hydrogen-bond donors (Lipinski definition) is 2. The second-order valence-corrected chi connectivity index (χ2v) is 7.47. The van der Waals surface area contributed by atoms with Crippen molar-refractivity contribution in [1.82, 2.24) is 15.2 Å². The van der Waals surface area contributed by atoms with E-state index in [-0.39, 0.29) is 6.03 Å². The lowest BCUT2D eigenvalue weighted by Gasteiger charge is -2.17.